The molecule has 1 fully saturated rings. The summed E-state index contributed by atoms with van der Waals surface area (Å²) < 4.78 is 12.2. The largest absolute Gasteiger partial charge is 0.490 e. The Kier molecular flexibility index (Phi) is 9.44. The number of hydrogen-bond donors (Lipinski definition) is 1. The van der Waals surface area contributed by atoms with E-state index in [4.69, 9.17) is 21.1 Å². The summed E-state index contributed by atoms with van der Waals surface area (Å²) in [6.45, 7) is 4.61. The van der Waals surface area contributed by atoms with E-state index in [-0.39, 0.29) is 4.91 Å². The summed E-state index contributed by atoms with van der Waals surface area (Å²) in [7, 11) is 0. The summed E-state index contributed by atoms with van der Waals surface area (Å²) in [5.41, 5.74) is 1.15. The molecule has 1 heterocycles. The van der Waals surface area contributed by atoms with Crippen LogP contribution < -0.4 is 14.8 Å². The molecule has 180 valence electrons. The van der Waals surface area contributed by atoms with E-state index in [1.165, 1.54) is 0 Å². The molecule has 0 atom stereocenters. The molecule has 3 rings (SSSR count). The van der Waals surface area contributed by atoms with Crippen molar-refractivity contribution in [3.63, 3.8) is 0 Å². The molecule has 0 unspecified atom stereocenters. The molecule has 2 aromatic carbocycles. The highest BCUT2D eigenvalue weighted by Gasteiger charge is 2.36. The number of carbonyl (C=O) groups is 3. The zero-order chi connectivity index (χ0) is 24.7. The first kappa shape index (κ1) is 26.1. The van der Waals surface area contributed by atoms with Crippen molar-refractivity contribution in [1.29, 1.82) is 0 Å². The summed E-state index contributed by atoms with van der Waals surface area (Å²) in [5, 5.41) is 2.56. The number of nitrogens with one attached hydrogen (secondary N) is 1. The summed E-state index contributed by atoms with van der Waals surface area (Å²) in [5.74, 6) is 0.166. The predicted molar refractivity (Wildman–Crippen MR) is 138 cm³/mol. The predicted octanol–water partition coefficient (Wildman–Crippen LogP) is 6.36. The minimum atomic E-state index is -0.528. The lowest BCUT2D eigenvalue weighted by Crippen LogP contribution is -2.36. The van der Waals surface area contributed by atoms with Gasteiger partial charge >= 0.3 is 0 Å². The second kappa shape index (κ2) is 12.3. The van der Waals surface area contributed by atoms with E-state index in [9.17, 15) is 14.4 Å². The molecule has 1 aliphatic rings. The fourth-order valence-electron chi connectivity index (χ4n) is 3.03. The Morgan fingerprint density at radius 3 is 2.65 bits per heavy atom. The van der Waals surface area contributed by atoms with Crippen LogP contribution in [0, 0.1) is 0 Å². The number of ether oxygens (including phenoxy) is 2. The third kappa shape index (κ3) is 6.77. The molecule has 0 spiro atoms. The van der Waals surface area contributed by atoms with Crippen LogP contribution in [0.3, 0.4) is 0 Å². The third-order valence-corrected chi connectivity index (χ3v) is 6.84. The number of nitrogens with zero attached hydrogens (tertiary/aromatic N) is 1. The van der Waals surface area contributed by atoms with Gasteiger partial charge in [0.2, 0.25) is 5.91 Å². The van der Waals surface area contributed by atoms with Gasteiger partial charge in [0, 0.05) is 10.2 Å². The molecule has 0 aliphatic carbocycles. The highest BCUT2D eigenvalue weighted by atomic mass is 79.9. The van der Waals surface area contributed by atoms with Crippen molar-refractivity contribution < 1.29 is 23.9 Å². The lowest BCUT2D eigenvalue weighted by molar-refractivity contribution is -0.127. The smallest absolute Gasteiger partial charge is 0.294 e. The Hall–Kier alpha value is -2.49. The molecule has 1 N–H and O–H groups in total. The van der Waals surface area contributed by atoms with Crippen molar-refractivity contribution >= 4 is 68.1 Å². The first-order valence-corrected chi connectivity index (χ1v) is 12.7. The van der Waals surface area contributed by atoms with Crippen LogP contribution in [0.1, 0.15) is 32.3 Å². The van der Waals surface area contributed by atoms with E-state index in [0.29, 0.717) is 45.5 Å². The number of thioether (sulfide) groups is 1. The van der Waals surface area contributed by atoms with Crippen LogP contribution in [0.2, 0.25) is 5.02 Å². The Morgan fingerprint density at radius 2 is 1.94 bits per heavy atom. The summed E-state index contributed by atoms with van der Waals surface area (Å²) in [6.07, 6.45) is 3.56. The number of carbonyl (C=O) groups excluding carboxylic acids is 3. The van der Waals surface area contributed by atoms with Gasteiger partial charge in [-0.05, 0) is 83.0 Å². The molecule has 7 nitrogen and oxygen atoms in total. The standard InChI is InChI=1S/C24H24BrClN2O5S/c1-3-5-10-33-19-9-6-15(11-20(19)32-4-2)12-21-23(30)28(24(31)34-21)14-22(29)27-16-7-8-17(25)18(26)13-16/h6-9,11-13H,3-5,10,14H2,1-2H3,(H,27,29)/b21-12-. The molecule has 34 heavy (non-hydrogen) atoms. The van der Waals surface area contributed by atoms with Gasteiger partial charge in [0.15, 0.2) is 11.5 Å². The van der Waals surface area contributed by atoms with E-state index >= 15 is 0 Å². The number of hydrogen-bond acceptors (Lipinski definition) is 6. The van der Waals surface area contributed by atoms with Gasteiger partial charge in [-0.15, -0.1) is 0 Å². The van der Waals surface area contributed by atoms with Gasteiger partial charge in [0.05, 0.1) is 23.1 Å². The zero-order valence-electron chi connectivity index (χ0n) is 18.7. The van der Waals surface area contributed by atoms with Gasteiger partial charge in [-0.1, -0.05) is 31.0 Å². The topological polar surface area (TPSA) is 84.9 Å². The van der Waals surface area contributed by atoms with Crippen molar-refractivity contribution in [2.45, 2.75) is 26.7 Å². The Labute approximate surface area is 215 Å². The number of imide groups is 1. The summed E-state index contributed by atoms with van der Waals surface area (Å²) in [6, 6.07) is 10.3. The lowest BCUT2D eigenvalue weighted by Gasteiger charge is -2.13. The quantitative estimate of drug-likeness (QED) is 0.266. The van der Waals surface area contributed by atoms with Crippen LogP contribution in [0.5, 0.6) is 11.5 Å². The highest BCUT2D eigenvalue weighted by molar-refractivity contribution is 9.10. The van der Waals surface area contributed by atoms with Crippen LogP contribution >= 0.6 is 39.3 Å². The number of unbranched alkanes of at least 4 members (excludes halogenated alkanes) is 1. The van der Waals surface area contributed by atoms with Crippen LogP contribution in [-0.2, 0) is 9.59 Å². The molecule has 0 aromatic heterocycles. The van der Waals surface area contributed by atoms with Gasteiger partial charge in [0.25, 0.3) is 11.1 Å². The Bertz CT molecular complexity index is 1120. The SMILES string of the molecule is CCCCOc1ccc(/C=C2\SC(=O)N(CC(=O)Nc3ccc(Br)c(Cl)c3)C2=O)cc1OCC. The molecule has 10 heteroatoms. The van der Waals surface area contributed by atoms with E-state index in [1.54, 1.807) is 42.5 Å². The molecule has 0 saturated carbocycles. The van der Waals surface area contributed by atoms with Crippen LogP contribution in [0.4, 0.5) is 10.5 Å². The third-order valence-electron chi connectivity index (χ3n) is 4.70. The Morgan fingerprint density at radius 1 is 1.15 bits per heavy atom. The Balaban J connectivity index is 1.70. The average molecular weight is 568 g/mol. The van der Waals surface area contributed by atoms with Gasteiger partial charge in [-0.3, -0.25) is 19.3 Å². The minimum absolute atomic E-state index is 0.228. The summed E-state index contributed by atoms with van der Waals surface area (Å²) >= 11 is 10.1. The molecule has 1 aliphatic heterocycles. The first-order chi connectivity index (χ1) is 16.3. The van der Waals surface area contributed by atoms with E-state index < -0.39 is 23.6 Å². The van der Waals surface area contributed by atoms with Crippen molar-refractivity contribution in [2.24, 2.45) is 0 Å². The minimum Gasteiger partial charge on any atom is -0.490 e. The molecule has 1 saturated heterocycles. The number of benzene rings is 2. The van der Waals surface area contributed by atoms with E-state index in [2.05, 4.69) is 28.2 Å². The van der Waals surface area contributed by atoms with E-state index in [1.807, 2.05) is 6.92 Å². The second-order valence-corrected chi connectivity index (χ2v) is 9.54. The van der Waals surface area contributed by atoms with Crippen LogP contribution in [-0.4, -0.2) is 41.7 Å². The maximum Gasteiger partial charge on any atom is 0.294 e. The molecule has 0 bridgehead atoms. The van der Waals surface area contributed by atoms with Gasteiger partial charge in [-0.25, -0.2) is 0 Å². The monoisotopic (exact) mass is 566 g/mol. The number of amides is 3. The molecule has 3 amide bonds. The fraction of sp³-hybridized carbons (Fsp3) is 0.292. The van der Waals surface area contributed by atoms with Crippen molar-refractivity contribution in [3.8, 4) is 11.5 Å². The number of halogens is 2. The maximum absolute atomic E-state index is 12.8. The number of rotatable bonds is 10. The van der Waals surface area contributed by atoms with Crippen molar-refractivity contribution in [1.82, 2.24) is 4.90 Å². The zero-order valence-corrected chi connectivity index (χ0v) is 21.9. The maximum atomic E-state index is 12.8. The van der Waals surface area contributed by atoms with E-state index in [0.717, 1.165) is 29.5 Å². The summed E-state index contributed by atoms with van der Waals surface area (Å²) in [4.78, 5) is 38.8. The normalized spacial score (nSPS) is 14.6. The van der Waals surface area contributed by atoms with Gasteiger partial charge in [-0.2, -0.15) is 0 Å². The number of anilines is 1. The van der Waals surface area contributed by atoms with Crippen molar-refractivity contribution in [3.05, 3.63) is 56.4 Å². The second-order valence-electron chi connectivity index (χ2n) is 7.29. The molecular formula is C24H24BrClN2O5S. The van der Waals surface area contributed by atoms with Crippen molar-refractivity contribution in [2.75, 3.05) is 25.1 Å². The molecule has 2 aromatic rings. The lowest BCUT2D eigenvalue weighted by atomic mass is 10.2. The van der Waals surface area contributed by atoms with Crippen LogP contribution in [0.15, 0.2) is 45.8 Å². The van der Waals surface area contributed by atoms with Crippen LogP contribution in [0.25, 0.3) is 6.08 Å². The molecular weight excluding hydrogens is 544 g/mol. The molecule has 0 radical (unpaired) electrons. The van der Waals surface area contributed by atoms with Gasteiger partial charge in [0.1, 0.15) is 6.54 Å². The first-order valence-electron chi connectivity index (χ1n) is 10.7. The van der Waals surface area contributed by atoms with Gasteiger partial charge < -0.3 is 14.8 Å². The fourth-order valence-corrected chi connectivity index (χ4v) is 4.30. The highest BCUT2D eigenvalue weighted by Crippen LogP contribution is 2.35. The average Bonchev–Trinajstić information content (AvgIpc) is 3.05.